The van der Waals surface area contributed by atoms with Crippen LogP contribution in [0.15, 0.2) is 18.2 Å². The Bertz CT molecular complexity index is 379. The van der Waals surface area contributed by atoms with Crippen LogP contribution in [0.1, 0.15) is 45.2 Å². The summed E-state index contributed by atoms with van der Waals surface area (Å²) in [5, 5.41) is 0. The van der Waals surface area contributed by atoms with Crippen LogP contribution in [-0.4, -0.2) is 13.7 Å². The molecule has 1 unspecified atom stereocenters. The van der Waals surface area contributed by atoms with E-state index >= 15 is 0 Å². The van der Waals surface area contributed by atoms with E-state index in [1.54, 1.807) is 7.11 Å². The van der Waals surface area contributed by atoms with E-state index in [2.05, 4.69) is 45.9 Å². The summed E-state index contributed by atoms with van der Waals surface area (Å²) in [4.78, 5) is 0. The van der Waals surface area contributed by atoms with Gasteiger partial charge in [0.1, 0.15) is 5.75 Å². The minimum atomic E-state index is 0.112. The zero-order valence-electron chi connectivity index (χ0n) is 12.4. The van der Waals surface area contributed by atoms with E-state index in [-0.39, 0.29) is 5.41 Å². The van der Waals surface area contributed by atoms with Gasteiger partial charge in [-0.15, -0.1) is 0 Å². The minimum absolute atomic E-state index is 0.112. The van der Waals surface area contributed by atoms with Gasteiger partial charge in [-0.3, -0.25) is 0 Å². The van der Waals surface area contributed by atoms with E-state index in [9.17, 15) is 0 Å². The van der Waals surface area contributed by atoms with Crippen molar-refractivity contribution in [2.75, 3.05) is 13.7 Å². The Morgan fingerprint density at radius 2 is 1.94 bits per heavy atom. The first kappa shape index (κ1) is 15.0. The van der Waals surface area contributed by atoms with Crippen LogP contribution >= 0.6 is 0 Å². The maximum Gasteiger partial charge on any atom is 0.122 e. The molecule has 0 aliphatic rings. The molecule has 0 aromatic heterocycles. The first-order chi connectivity index (χ1) is 8.38. The number of nitrogens with two attached hydrogens (primary N) is 1. The standard InChI is InChI=1S/C16H27NO/c1-12(11-17)6-7-13-8-9-15(18-5)14(10-13)16(2,3)4/h8-10,12H,6-7,11,17H2,1-5H3. The number of aryl methyl sites for hydroxylation is 1. The van der Waals surface area contributed by atoms with Gasteiger partial charge in [-0.05, 0) is 47.9 Å². The summed E-state index contributed by atoms with van der Waals surface area (Å²) < 4.78 is 5.45. The molecule has 0 bridgehead atoms. The lowest BCUT2D eigenvalue weighted by molar-refractivity contribution is 0.397. The summed E-state index contributed by atoms with van der Waals surface area (Å²) in [5.41, 5.74) is 8.43. The van der Waals surface area contributed by atoms with Gasteiger partial charge in [0.05, 0.1) is 7.11 Å². The highest BCUT2D eigenvalue weighted by atomic mass is 16.5. The Morgan fingerprint density at radius 1 is 1.28 bits per heavy atom. The largest absolute Gasteiger partial charge is 0.496 e. The fraction of sp³-hybridized carbons (Fsp3) is 0.625. The molecule has 1 atom stereocenters. The molecule has 0 aliphatic carbocycles. The van der Waals surface area contributed by atoms with Gasteiger partial charge in [0.2, 0.25) is 0 Å². The number of hydrogen-bond donors (Lipinski definition) is 1. The molecule has 0 spiro atoms. The Morgan fingerprint density at radius 3 is 2.44 bits per heavy atom. The molecule has 0 aliphatic heterocycles. The van der Waals surface area contributed by atoms with E-state index in [1.165, 1.54) is 11.1 Å². The molecule has 1 aromatic carbocycles. The van der Waals surface area contributed by atoms with Crippen molar-refractivity contribution in [1.82, 2.24) is 0 Å². The Labute approximate surface area is 112 Å². The second-order valence-electron chi connectivity index (χ2n) is 6.16. The molecule has 0 fully saturated rings. The molecule has 1 aromatic rings. The Balaban J connectivity index is 2.90. The lowest BCUT2D eigenvalue weighted by Gasteiger charge is -2.23. The Hall–Kier alpha value is -1.02. The molecular weight excluding hydrogens is 222 g/mol. The molecule has 0 amide bonds. The van der Waals surface area contributed by atoms with E-state index in [0.29, 0.717) is 5.92 Å². The predicted molar refractivity (Wildman–Crippen MR) is 78.2 cm³/mol. The minimum Gasteiger partial charge on any atom is -0.496 e. The van der Waals surface area contributed by atoms with Crippen LogP contribution in [0.3, 0.4) is 0 Å². The molecule has 2 heteroatoms. The molecule has 2 N–H and O–H groups in total. The summed E-state index contributed by atoms with van der Waals surface area (Å²) in [7, 11) is 1.74. The zero-order valence-corrected chi connectivity index (χ0v) is 12.4. The average Bonchev–Trinajstić information content (AvgIpc) is 2.34. The first-order valence-electron chi connectivity index (χ1n) is 6.76. The summed E-state index contributed by atoms with van der Waals surface area (Å²) in [5.74, 6) is 1.57. The molecule has 2 nitrogen and oxygen atoms in total. The van der Waals surface area contributed by atoms with Crippen molar-refractivity contribution in [2.45, 2.75) is 46.0 Å². The molecule has 18 heavy (non-hydrogen) atoms. The van der Waals surface area contributed by atoms with Gasteiger partial charge < -0.3 is 10.5 Å². The van der Waals surface area contributed by atoms with Crippen LogP contribution < -0.4 is 10.5 Å². The maximum atomic E-state index is 5.66. The number of benzene rings is 1. The van der Waals surface area contributed by atoms with Gasteiger partial charge in [-0.1, -0.05) is 39.8 Å². The molecule has 102 valence electrons. The fourth-order valence-corrected chi connectivity index (χ4v) is 2.03. The summed E-state index contributed by atoms with van der Waals surface area (Å²) in [6.45, 7) is 9.63. The Kier molecular flexibility index (Phi) is 5.21. The van der Waals surface area contributed by atoms with Gasteiger partial charge in [-0.2, -0.15) is 0 Å². The smallest absolute Gasteiger partial charge is 0.122 e. The second-order valence-corrected chi connectivity index (χ2v) is 6.16. The van der Waals surface area contributed by atoms with Crippen LogP contribution in [0.5, 0.6) is 5.75 Å². The zero-order chi connectivity index (χ0) is 13.8. The third-order valence-electron chi connectivity index (χ3n) is 3.40. The quantitative estimate of drug-likeness (QED) is 0.866. The first-order valence-corrected chi connectivity index (χ1v) is 6.76. The lowest BCUT2D eigenvalue weighted by Crippen LogP contribution is -2.14. The molecule has 0 heterocycles. The highest BCUT2D eigenvalue weighted by molar-refractivity contribution is 5.41. The highest BCUT2D eigenvalue weighted by Crippen LogP contribution is 2.32. The van der Waals surface area contributed by atoms with Crippen LogP contribution in [0.2, 0.25) is 0 Å². The van der Waals surface area contributed by atoms with Gasteiger partial charge in [0, 0.05) is 0 Å². The van der Waals surface area contributed by atoms with Crippen molar-refractivity contribution < 1.29 is 4.74 Å². The topological polar surface area (TPSA) is 35.2 Å². The highest BCUT2D eigenvalue weighted by Gasteiger charge is 2.19. The van der Waals surface area contributed by atoms with Crippen molar-refractivity contribution in [3.63, 3.8) is 0 Å². The predicted octanol–water partition coefficient (Wildman–Crippen LogP) is 3.52. The van der Waals surface area contributed by atoms with Crippen molar-refractivity contribution >= 4 is 0 Å². The molecule has 0 saturated heterocycles. The molecule has 0 radical (unpaired) electrons. The average molecular weight is 249 g/mol. The summed E-state index contributed by atoms with van der Waals surface area (Å²) in [6.07, 6.45) is 2.23. The van der Waals surface area contributed by atoms with Crippen molar-refractivity contribution in [1.29, 1.82) is 0 Å². The van der Waals surface area contributed by atoms with E-state index in [1.807, 2.05) is 0 Å². The van der Waals surface area contributed by atoms with Crippen LogP contribution in [0.25, 0.3) is 0 Å². The van der Waals surface area contributed by atoms with Gasteiger partial charge in [0.25, 0.3) is 0 Å². The SMILES string of the molecule is COc1ccc(CCC(C)CN)cc1C(C)(C)C. The number of rotatable bonds is 5. The third kappa shape index (κ3) is 4.02. The van der Waals surface area contributed by atoms with Gasteiger partial charge in [0.15, 0.2) is 0 Å². The second kappa shape index (κ2) is 6.24. The number of ether oxygens (including phenoxy) is 1. The molecular formula is C16H27NO. The normalized spacial score (nSPS) is 13.4. The van der Waals surface area contributed by atoms with E-state index in [0.717, 1.165) is 25.1 Å². The van der Waals surface area contributed by atoms with Crippen LogP contribution in [0.4, 0.5) is 0 Å². The van der Waals surface area contributed by atoms with Crippen molar-refractivity contribution in [3.8, 4) is 5.75 Å². The van der Waals surface area contributed by atoms with E-state index < -0.39 is 0 Å². The maximum absolute atomic E-state index is 5.66. The van der Waals surface area contributed by atoms with Gasteiger partial charge in [-0.25, -0.2) is 0 Å². The fourth-order valence-electron chi connectivity index (χ4n) is 2.03. The van der Waals surface area contributed by atoms with Gasteiger partial charge >= 0.3 is 0 Å². The van der Waals surface area contributed by atoms with E-state index in [4.69, 9.17) is 10.5 Å². The van der Waals surface area contributed by atoms with Crippen molar-refractivity contribution in [2.24, 2.45) is 11.7 Å². The molecule has 1 rings (SSSR count). The van der Waals surface area contributed by atoms with Crippen LogP contribution in [0, 0.1) is 5.92 Å². The number of hydrogen-bond acceptors (Lipinski definition) is 2. The lowest BCUT2D eigenvalue weighted by atomic mass is 9.84. The number of methoxy groups -OCH3 is 1. The summed E-state index contributed by atoms with van der Waals surface area (Å²) in [6, 6.07) is 6.53. The van der Waals surface area contributed by atoms with Crippen molar-refractivity contribution in [3.05, 3.63) is 29.3 Å². The summed E-state index contributed by atoms with van der Waals surface area (Å²) >= 11 is 0. The third-order valence-corrected chi connectivity index (χ3v) is 3.40. The van der Waals surface area contributed by atoms with Crippen LogP contribution in [-0.2, 0) is 11.8 Å². The molecule has 0 saturated carbocycles. The monoisotopic (exact) mass is 249 g/mol.